The van der Waals surface area contributed by atoms with Crippen molar-refractivity contribution in [3.8, 4) is 5.75 Å². The summed E-state index contributed by atoms with van der Waals surface area (Å²) >= 11 is 0. The molecule has 0 spiro atoms. The summed E-state index contributed by atoms with van der Waals surface area (Å²) in [7, 11) is -1.64. The number of methoxy groups -OCH3 is 1. The van der Waals surface area contributed by atoms with Gasteiger partial charge in [0.1, 0.15) is 5.75 Å². The van der Waals surface area contributed by atoms with E-state index >= 15 is 0 Å². The first-order valence-corrected chi connectivity index (χ1v) is 9.99. The predicted molar refractivity (Wildman–Crippen MR) is 93.5 cm³/mol. The predicted octanol–water partition coefficient (Wildman–Crippen LogP) is 1.56. The largest absolute Gasteiger partial charge is 0.497 e. The topological polar surface area (TPSA) is 75.7 Å². The van der Waals surface area contributed by atoms with E-state index < -0.39 is 10.0 Å². The first kappa shape index (κ1) is 18.7. The van der Waals surface area contributed by atoms with Crippen LogP contribution < -0.4 is 10.1 Å². The van der Waals surface area contributed by atoms with Crippen molar-refractivity contribution in [3.63, 3.8) is 0 Å². The number of piperidine rings is 1. The maximum atomic E-state index is 12.2. The molecule has 1 amide bonds. The summed E-state index contributed by atoms with van der Waals surface area (Å²) in [5.41, 5.74) is 1.05. The number of benzene rings is 1. The number of hydrogen-bond donors (Lipinski definition) is 1. The number of carbonyl (C=O) groups excluding carboxylic acids is 1. The van der Waals surface area contributed by atoms with Gasteiger partial charge in [-0.1, -0.05) is 18.6 Å². The molecule has 0 atom stereocenters. The normalized spacial score (nSPS) is 15.9. The van der Waals surface area contributed by atoms with Crippen molar-refractivity contribution < 1.29 is 17.9 Å². The highest BCUT2D eigenvalue weighted by Crippen LogP contribution is 2.14. The van der Waals surface area contributed by atoms with Gasteiger partial charge >= 0.3 is 0 Å². The average Bonchev–Trinajstić information content (AvgIpc) is 2.61. The van der Waals surface area contributed by atoms with Crippen LogP contribution in [-0.4, -0.2) is 51.1 Å². The Hall–Kier alpha value is -1.60. The second kappa shape index (κ2) is 9.03. The molecule has 24 heavy (non-hydrogen) atoms. The van der Waals surface area contributed by atoms with Crippen LogP contribution in [0.2, 0.25) is 0 Å². The van der Waals surface area contributed by atoms with Gasteiger partial charge in [0.2, 0.25) is 15.9 Å². The van der Waals surface area contributed by atoms with Gasteiger partial charge in [-0.2, -0.15) is 0 Å². The van der Waals surface area contributed by atoms with Gasteiger partial charge in [-0.25, -0.2) is 12.7 Å². The lowest BCUT2D eigenvalue weighted by Gasteiger charge is -2.25. The van der Waals surface area contributed by atoms with Crippen LogP contribution in [0.25, 0.3) is 0 Å². The van der Waals surface area contributed by atoms with Crippen molar-refractivity contribution in [2.45, 2.75) is 32.1 Å². The number of nitrogens with one attached hydrogen (secondary N) is 1. The molecule has 1 aliphatic rings. The minimum atomic E-state index is -3.25. The van der Waals surface area contributed by atoms with Crippen LogP contribution in [0.4, 0.5) is 0 Å². The lowest BCUT2D eigenvalue weighted by Crippen LogP contribution is -2.40. The van der Waals surface area contributed by atoms with Gasteiger partial charge in [-0.15, -0.1) is 0 Å². The van der Waals surface area contributed by atoms with E-state index in [1.807, 2.05) is 24.3 Å². The van der Waals surface area contributed by atoms with E-state index in [-0.39, 0.29) is 18.2 Å². The monoisotopic (exact) mass is 354 g/mol. The van der Waals surface area contributed by atoms with E-state index in [9.17, 15) is 13.2 Å². The molecule has 1 fully saturated rings. The molecular formula is C17H26N2O4S. The highest BCUT2D eigenvalue weighted by molar-refractivity contribution is 7.89. The fourth-order valence-corrected chi connectivity index (χ4v) is 4.16. The minimum absolute atomic E-state index is 0.0265. The maximum absolute atomic E-state index is 12.2. The van der Waals surface area contributed by atoms with Crippen molar-refractivity contribution >= 4 is 15.9 Å². The van der Waals surface area contributed by atoms with Crippen molar-refractivity contribution in [1.29, 1.82) is 0 Å². The number of nitrogens with zero attached hydrogens (tertiary/aromatic N) is 1. The third-order valence-corrected chi connectivity index (χ3v) is 6.06. The third kappa shape index (κ3) is 5.79. The molecule has 2 rings (SSSR count). The van der Waals surface area contributed by atoms with Crippen LogP contribution in [0.15, 0.2) is 24.3 Å². The molecule has 0 radical (unpaired) electrons. The Bertz CT molecular complexity index is 622. The summed E-state index contributed by atoms with van der Waals surface area (Å²) in [4.78, 5) is 11.9. The zero-order valence-electron chi connectivity index (χ0n) is 14.2. The molecule has 0 aliphatic carbocycles. The van der Waals surface area contributed by atoms with E-state index in [1.165, 1.54) is 0 Å². The van der Waals surface area contributed by atoms with Gasteiger partial charge in [0.25, 0.3) is 0 Å². The molecule has 0 unspecified atom stereocenters. The summed E-state index contributed by atoms with van der Waals surface area (Å²) in [5, 5.41) is 2.70. The van der Waals surface area contributed by atoms with Crippen LogP contribution >= 0.6 is 0 Å². The number of amides is 1. The summed E-state index contributed by atoms with van der Waals surface area (Å²) in [6.07, 6.45) is 3.90. The van der Waals surface area contributed by atoms with Crippen molar-refractivity contribution in [2.24, 2.45) is 0 Å². The molecule has 1 saturated heterocycles. The number of hydrogen-bond acceptors (Lipinski definition) is 4. The van der Waals surface area contributed by atoms with Gasteiger partial charge in [-0.3, -0.25) is 4.79 Å². The maximum Gasteiger partial charge on any atom is 0.220 e. The van der Waals surface area contributed by atoms with Gasteiger partial charge in [-0.05, 0) is 37.0 Å². The van der Waals surface area contributed by atoms with Gasteiger partial charge < -0.3 is 10.1 Å². The van der Waals surface area contributed by atoms with Gasteiger partial charge in [0, 0.05) is 26.1 Å². The molecule has 0 saturated carbocycles. The van der Waals surface area contributed by atoms with Crippen LogP contribution in [0.5, 0.6) is 5.75 Å². The molecule has 1 aromatic rings. The Kier molecular flexibility index (Phi) is 7.05. The number of carbonyl (C=O) groups is 1. The molecule has 134 valence electrons. The lowest BCUT2D eigenvalue weighted by atomic mass is 10.1. The average molecular weight is 354 g/mol. The smallest absolute Gasteiger partial charge is 0.220 e. The molecule has 1 N–H and O–H groups in total. The second-order valence-corrected chi connectivity index (χ2v) is 8.06. The zero-order valence-corrected chi connectivity index (χ0v) is 15.0. The fraction of sp³-hybridized carbons (Fsp3) is 0.588. The molecule has 1 aliphatic heterocycles. The number of aryl methyl sites for hydroxylation is 1. The van der Waals surface area contributed by atoms with E-state index in [0.717, 1.165) is 30.6 Å². The number of rotatable bonds is 8. The Balaban J connectivity index is 1.68. The molecule has 6 nitrogen and oxygen atoms in total. The van der Waals surface area contributed by atoms with Crippen molar-refractivity contribution in [1.82, 2.24) is 9.62 Å². The zero-order chi connectivity index (χ0) is 17.4. The van der Waals surface area contributed by atoms with E-state index in [4.69, 9.17) is 4.74 Å². The molecule has 7 heteroatoms. The minimum Gasteiger partial charge on any atom is -0.497 e. The summed E-state index contributed by atoms with van der Waals surface area (Å²) < 4.78 is 31.0. The number of sulfonamides is 1. The van der Waals surface area contributed by atoms with Crippen LogP contribution in [0, 0.1) is 0 Å². The lowest BCUT2D eigenvalue weighted by molar-refractivity contribution is -0.120. The van der Waals surface area contributed by atoms with E-state index in [2.05, 4.69) is 5.32 Å². The van der Waals surface area contributed by atoms with Gasteiger partial charge in [0.05, 0.1) is 12.9 Å². The summed E-state index contributed by atoms with van der Waals surface area (Å²) in [6, 6.07) is 7.57. The Morgan fingerprint density at radius 2 is 1.83 bits per heavy atom. The highest BCUT2D eigenvalue weighted by atomic mass is 32.2. The van der Waals surface area contributed by atoms with E-state index in [1.54, 1.807) is 11.4 Å². The molecule has 0 bridgehead atoms. The van der Waals surface area contributed by atoms with Gasteiger partial charge in [0.15, 0.2) is 0 Å². The number of ether oxygens (including phenoxy) is 1. The Labute approximate surface area is 144 Å². The highest BCUT2D eigenvalue weighted by Gasteiger charge is 2.23. The first-order chi connectivity index (χ1) is 11.5. The van der Waals surface area contributed by atoms with E-state index in [0.29, 0.717) is 25.9 Å². The molecule has 1 heterocycles. The fourth-order valence-electron chi connectivity index (χ4n) is 2.73. The Morgan fingerprint density at radius 3 is 2.46 bits per heavy atom. The molecular weight excluding hydrogens is 328 g/mol. The van der Waals surface area contributed by atoms with Crippen LogP contribution in [0.3, 0.4) is 0 Å². The van der Waals surface area contributed by atoms with Crippen molar-refractivity contribution in [2.75, 3.05) is 32.5 Å². The second-order valence-electron chi connectivity index (χ2n) is 5.97. The standard InChI is InChI=1S/C17H26N2O4S/c1-23-16-8-5-15(6-9-16)7-10-17(20)18-11-14-24(21,22)19-12-3-2-4-13-19/h5-6,8-9H,2-4,7,10-14H2,1H3,(H,18,20). The Morgan fingerprint density at radius 1 is 1.17 bits per heavy atom. The van der Waals surface area contributed by atoms with Crippen LogP contribution in [0.1, 0.15) is 31.2 Å². The third-order valence-electron chi connectivity index (χ3n) is 4.19. The van der Waals surface area contributed by atoms with Crippen molar-refractivity contribution in [3.05, 3.63) is 29.8 Å². The quantitative estimate of drug-likeness (QED) is 0.769. The molecule has 0 aromatic heterocycles. The SMILES string of the molecule is COc1ccc(CCC(=O)NCCS(=O)(=O)N2CCCCC2)cc1. The summed E-state index contributed by atoms with van der Waals surface area (Å²) in [5.74, 6) is 0.632. The molecule has 1 aromatic carbocycles. The first-order valence-electron chi connectivity index (χ1n) is 8.39. The summed E-state index contributed by atoms with van der Waals surface area (Å²) in [6.45, 7) is 1.38. The van der Waals surface area contributed by atoms with Crippen LogP contribution in [-0.2, 0) is 21.2 Å².